The molecule has 3 heteroatoms. The number of piperazine rings is 1. The lowest BCUT2D eigenvalue weighted by atomic mass is 10.1. The van der Waals surface area contributed by atoms with Crippen molar-refractivity contribution in [2.75, 3.05) is 19.6 Å². The van der Waals surface area contributed by atoms with Crippen LogP contribution in [0.3, 0.4) is 0 Å². The Hall–Kier alpha value is -0.570. The van der Waals surface area contributed by atoms with Crippen LogP contribution < -0.4 is 5.32 Å². The van der Waals surface area contributed by atoms with Crippen molar-refractivity contribution in [1.82, 2.24) is 10.2 Å². The molecule has 1 atom stereocenters. The molecule has 0 aromatic rings. The zero-order chi connectivity index (χ0) is 9.47. The lowest BCUT2D eigenvalue weighted by Gasteiger charge is -2.33. The van der Waals surface area contributed by atoms with E-state index in [9.17, 15) is 4.79 Å². The molecule has 1 N–H and O–H groups in total. The Kier molecular flexibility index (Phi) is 2.06. The Bertz CT molecular complexity index is 223. The number of hydrogen-bond donors (Lipinski definition) is 1. The summed E-state index contributed by atoms with van der Waals surface area (Å²) in [7, 11) is 0. The molecule has 2 fully saturated rings. The maximum Gasteiger partial charge on any atom is 0.228 e. The molecule has 1 saturated carbocycles. The van der Waals surface area contributed by atoms with Gasteiger partial charge in [-0.1, -0.05) is 6.92 Å². The van der Waals surface area contributed by atoms with E-state index in [-0.39, 0.29) is 5.41 Å². The highest BCUT2D eigenvalue weighted by Gasteiger charge is 2.47. The van der Waals surface area contributed by atoms with Gasteiger partial charge in [-0.2, -0.15) is 0 Å². The van der Waals surface area contributed by atoms with Crippen molar-refractivity contribution in [3.05, 3.63) is 0 Å². The van der Waals surface area contributed by atoms with E-state index in [1.54, 1.807) is 0 Å². The normalized spacial score (nSPS) is 31.5. The topological polar surface area (TPSA) is 32.3 Å². The molecule has 1 aliphatic carbocycles. The molecule has 1 heterocycles. The predicted octanol–water partition coefficient (Wildman–Crippen LogP) is 0.607. The second kappa shape index (κ2) is 2.98. The molecule has 1 aliphatic heterocycles. The van der Waals surface area contributed by atoms with Crippen LogP contribution in [0.2, 0.25) is 0 Å². The summed E-state index contributed by atoms with van der Waals surface area (Å²) in [6.45, 7) is 6.94. The molecule has 0 aromatic carbocycles. The molecule has 74 valence electrons. The Morgan fingerprint density at radius 3 is 2.77 bits per heavy atom. The molecule has 0 radical (unpaired) electrons. The van der Waals surface area contributed by atoms with E-state index in [4.69, 9.17) is 0 Å². The molecule has 3 nitrogen and oxygen atoms in total. The number of rotatable bonds is 1. The van der Waals surface area contributed by atoms with E-state index in [0.29, 0.717) is 11.9 Å². The Morgan fingerprint density at radius 1 is 1.54 bits per heavy atom. The zero-order valence-electron chi connectivity index (χ0n) is 8.47. The summed E-state index contributed by atoms with van der Waals surface area (Å²) in [4.78, 5) is 13.9. The van der Waals surface area contributed by atoms with Crippen molar-refractivity contribution in [3.63, 3.8) is 0 Å². The summed E-state index contributed by atoms with van der Waals surface area (Å²) in [5.74, 6) is 0.376. The van der Waals surface area contributed by atoms with Crippen molar-refractivity contribution in [1.29, 1.82) is 0 Å². The van der Waals surface area contributed by atoms with Gasteiger partial charge in [-0.25, -0.2) is 0 Å². The highest BCUT2D eigenvalue weighted by Crippen LogP contribution is 2.46. The van der Waals surface area contributed by atoms with Crippen LogP contribution in [-0.2, 0) is 4.79 Å². The van der Waals surface area contributed by atoms with Crippen LogP contribution in [0, 0.1) is 5.41 Å². The SMILES string of the molecule is CC1CN(C(=O)C2(C)CC2)CCN1. The fourth-order valence-electron chi connectivity index (χ4n) is 1.90. The van der Waals surface area contributed by atoms with Gasteiger partial charge in [0.25, 0.3) is 0 Å². The number of nitrogens with zero attached hydrogens (tertiary/aromatic N) is 1. The first-order chi connectivity index (χ1) is 6.12. The highest BCUT2D eigenvalue weighted by molar-refractivity contribution is 5.85. The third-order valence-corrected chi connectivity index (χ3v) is 3.17. The molecule has 2 rings (SSSR count). The number of nitrogens with one attached hydrogen (secondary N) is 1. The Morgan fingerprint density at radius 2 is 2.23 bits per heavy atom. The second-order valence-corrected chi connectivity index (χ2v) is 4.67. The van der Waals surface area contributed by atoms with Crippen LogP contribution in [0.25, 0.3) is 0 Å². The summed E-state index contributed by atoms with van der Waals surface area (Å²) >= 11 is 0. The fourth-order valence-corrected chi connectivity index (χ4v) is 1.90. The fraction of sp³-hybridized carbons (Fsp3) is 0.900. The molecule has 1 unspecified atom stereocenters. The van der Waals surface area contributed by atoms with Gasteiger partial charge >= 0.3 is 0 Å². The van der Waals surface area contributed by atoms with Crippen LogP contribution in [0.1, 0.15) is 26.7 Å². The van der Waals surface area contributed by atoms with Crippen molar-refractivity contribution in [3.8, 4) is 0 Å². The molecular weight excluding hydrogens is 164 g/mol. The Labute approximate surface area is 79.5 Å². The lowest BCUT2D eigenvalue weighted by Crippen LogP contribution is -2.52. The standard InChI is InChI=1S/C10H18N2O/c1-8-7-12(6-5-11-8)9(13)10(2)3-4-10/h8,11H,3-7H2,1-2H3. The summed E-state index contributed by atoms with van der Waals surface area (Å²) in [6.07, 6.45) is 2.17. The molecule has 13 heavy (non-hydrogen) atoms. The van der Waals surface area contributed by atoms with Gasteiger partial charge < -0.3 is 10.2 Å². The molecule has 1 amide bonds. The van der Waals surface area contributed by atoms with E-state index in [1.165, 1.54) is 0 Å². The van der Waals surface area contributed by atoms with E-state index < -0.39 is 0 Å². The summed E-state index contributed by atoms with van der Waals surface area (Å²) in [6, 6.07) is 0.458. The molecule has 0 bridgehead atoms. The van der Waals surface area contributed by atoms with Gasteiger partial charge in [0.2, 0.25) is 5.91 Å². The lowest BCUT2D eigenvalue weighted by molar-refractivity contribution is -0.137. The van der Waals surface area contributed by atoms with E-state index >= 15 is 0 Å². The monoisotopic (exact) mass is 182 g/mol. The van der Waals surface area contributed by atoms with E-state index in [1.807, 2.05) is 4.90 Å². The first kappa shape index (κ1) is 9.00. The molecular formula is C10H18N2O. The van der Waals surface area contributed by atoms with Crippen LogP contribution in [0.5, 0.6) is 0 Å². The number of amides is 1. The van der Waals surface area contributed by atoms with Crippen LogP contribution in [0.4, 0.5) is 0 Å². The smallest absolute Gasteiger partial charge is 0.228 e. The molecule has 0 aromatic heterocycles. The molecule has 2 aliphatic rings. The zero-order valence-corrected chi connectivity index (χ0v) is 8.47. The predicted molar refractivity (Wildman–Crippen MR) is 51.4 cm³/mol. The van der Waals surface area contributed by atoms with Crippen LogP contribution in [-0.4, -0.2) is 36.5 Å². The van der Waals surface area contributed by atoms with Gasteiger partial charge in [-0.3, -0.25) is 4.79 Å². The summed E-state index contributed by atoms with van der Waals surface area (Å²) in [5, 5.41) is 3.34. The minimum Gasteiger partial charge on any atom is -0.339 e. The Balaban J connectivity index is 1.96. The van der Waals surface area contributed by atoms with Gasteiger partial charge in [0.05, 0.1) is 0 Å². The van der Waals surface area contributed by atoms with Crippen LogP contribution >= 0.6 is 0 Å². The maximum absolute atomic E-state index is 11.9. The number of hydrogen-bond acceptors (Lipinski definition) is 2. The summed E-state index contributed by atoms with van der Waals surface area (Å²) < 4.78 is 0. The van der Waals surface area contributed by atoms with Gasteiger partial charge in [0, 0.05) is 31.1 Å². The second-order valence-electron chi connectivity index (χ2n) is 4.67. The largest absolute Gasteiger partial charge is 0.339 e. The maximum atomic E-state index is 11.9. The third kappa shape index (κ3) is 1.70. The third-order valence-electron chi connectivity index (χ3n) is 3.17. The molecule has 1 saturated heterocycles. The minimum atomic E-state index is 0.0110. The van der Waals surface area contributed by atoms with Crippen molar-refractivity contribution < 1.29 is 4.79 Å². The number of carbonyl (C=O) groups excluding carboxylic acids is 1. The van der Waals surface area contributed by atoms with Gasteiger partial charge in [0.15, 0.2) is 0 Å². The van der Waals surface area contributed by atoms with Crippen molar-refractivity contribution in [2.24, 2.45) is 5.41 Å². The van der Waals surface area contributed by atoms with Gasteiger partial charge in [-0.15, -0.1) is 0 Å². The van der Waals surface area contributed by atoms with Crippen LogP contribution in [0.15, 0.2) is 0 Å². The van der Waals surface area contributed by atoms with Gasteiger partial charge in [-0.05, 0) is 19.8 Å². The van der Waals surface area contributed by atoms with Crippen molar-refractivity contribution in [2.45, 2.75) is 32.7 Å². The van der Waals surface area contributed by atoms with Crippen molar-refractivity contribution >= 4 is 5.91 Å². The average Bonchev–Trinajstić information content (AvgIpc) is 2.84. The number of carbonyl (C=O) groups is 1. The quantitative estimate of drug-likeness (QED) is 0.644. The molecule has 0 spiro atoms. The average molecular weight is 182 g/mol. The van der Waals surface area contributed by atoms with Gasteiger partial charge in [0.1, 0.15) is 0 Å². The highest BCUT2D eigenvalue weighted by atomic mass is 16.2. The first-order valence-corrected chi connectivity index (χ1v) is 5.15. The first-order valence-electron chi connectivity index (χ1n) is 5.15. The minimum absolute atomic E-state index is 0.0110. The van der Waals surface area contributed by atoms with E-state index in [0.717, 1.165) is 32.5 Å². The van der Waals surface area contributed by atoms with E-state index in [2.05, 4.69) is 19.2 Å². The summed E-state index contributed by atoms with van der Waals surface area (Å²) in [5.41, 5.74) is 0.0110.